The molecule has 174 valence electrons. The van der Waals surface area contributed by atoms with Gasteiger partial charge in [-0.1, -0.05) is 13.8 Å². The Morgan fingerprint density at radius 1 is 1.19 bits per heavy atom. The molecule has 2 fully saturated rings. The van der Waals surface area contributed by atoms with Gasteiger partial charge in [-0.25, -0.2) is 9.59 Å². The summed E-state index contributed by atoms with van der Waals surface area (Å²) in [5, 5.41) is 3.21. The highest BCUT2D eigenvalue weighted by molar-refractivity contribution is 8.00. The highest BCUT2D eigenvalue weighted by Crippen LogP contribution is 2.25. The summed E-state index contributed by atoms with van der Waals surface area (Å²) in [6, 6.07) is 5.93. The molecule has 10 heteroatoms. The number of rotatable bonds is 7. The van der Waals surface area contributed by atoms with Gasteiger partial charge >= 0.3 is 12.1 Å². The maximum absolute atomic E-state index is 12.9. The Morgan fingerprint density at radius 2 is 1.84 bits per heavy atom. The van der Waals surface area contributed by atoms with Gasteiger partial charge in [0.15, 0.2) is 6.04 Å². The fourth-order valence-electron chi connectivity index (χ4n) is 3.82. The van der Waals surface area contributed by atoms with Crippen molar-refractivity contribution in [1.82, 2.24) is 9.80 Å². The van der Waals surface area contributed by atoms with Crippen LogP contribution < -0.4 is 5.32 Å². The first-order chi connectivity index (χ1) is 15.3. The number of esters is 1. The normalized spacial score (nSPS) is 19.1. The first kappa shape index (κ1) is 23.9. The summed E-state index contributed by atoms with van der Waals surface area (Å²) in [6.45, 7) is 4.99. The minimum absolute atomic E-state index is 0.0102. The van der Waals surface area contributed by atoms with Gasteiger partial charge in [0.2, 0.25) is 5.91 Å². The molecule has 2 aliphatic rings. The molecule has 1 N–H and O–H groups in total. The number of nitrogens with one attached hydrogen (secondary N) is 1. The third-order valence-electron chi connectivity index (χ3n) is 5.49. The first-order valence-electron chi connectivity index (χ1n) is 10.6. The van der Waals surface area contributed by atoms with Crippen molar-refractivity contribution in [2.75, 3.05) is 37.9 Å². The summed E-state index contributed by atoms with van der Waals surface area (Å²) in [4.78, 5) is 52.1. The second-order valence-corrected chi connectivity index (χ2v) is 9.60. The number of hydrogen-bond donors (Lipinski definition) is 1. The van der Waals surface area contributed by atoms with Gasteiger partial charge in [0.25, 0.3) is 5.91 Å². The van der Waals surface area contributed by atoms with Gasteiger partial charge in [0, 0.05) is 30.4 Å². The number of carbonyl (C=O) groups is 4. The average molecular weight is 464 g/mol. The Kier molecular flexibility index (Phi) is 8.00. The van der Waals surface area contributed by atoms with Crippen LogP contribution in [-0.4, -0.2) is 83.6 Å². The maximum Gasteiger partial charge on any atom is 0.410 e. The molecule has 2 aliphatic heterocycles. The number of thioether (sulfide) groups is 1. The van der Waals surface area contributed by atoms with Crippen LogP contribution in [-0.2, 0) is 19.1 Å². The molecule has 0 radical (unpaired) electrons. The van der Waals surface area contributed by atoms with E-state index in [0.29, 0.717) is 48.2 Å². The second kappa shape index (κ2) is 10.7. The Balaban J connectivity index is 1.53. The number of likely N-dealkylation sites (tertiary alicyclic amines) is 1. The van der Waals surface area contributed by atoms with E-state index in [9.17, 15) is 19.2 Å². The molecule has 1 atom stereocenters. The van der Waals surface area contributed by atoms with E-state index in [1.165, 1.54) is 12.0 Å². The molecule has 0 saturated carbocycles. The standard InChI is InChI=1S/C22H29N3O6S/c1-14(2)32-13-19(26)23-16-6-4-15(5-7-16)20(27)24-10-8-17(9-11-24)25-18(21(28)30-3)12-31-22(25)29/h4-7,14,17-18H,8-13H2,1-3H3,(H,23,26). The number of carbonyl (C=O) groups excluding carboxylic acids is 4. The molecule has 3 amide bonds. The fourth-order valence-corrected chi connectivity index (χ4v) is 4.38. The first-order valence-corrected chi connectivity index (χ1v) is 11.7. The molecule has 0 aromatic heterocycles. The third kappa shape index (κ3) is 5.73. The lowest BCUT2D eigenvalue weighted by Crippen LogP contribution is -2.51. The Morgan fingerprint density at radius 3 is 2.44 bits per heavy atom. The summed E-state index contributed by atoms with van der Waals surface area (Å²) in [5.41, 5.74) is 1.18. The quantitative estimate of drug-likeness (QED) is 0.619. The minimum atomic E-state index is -0.735. The Hall–Kier alpha value is -2.75. The predicted molar refractivity (Wildman–Crippen MR) is 121 cm³/mol. The van der Waals surface area contributed by atoms with E-state index in [4.69, 9.17) is 9.47 Å². The van der Waals surface area contributed by atoms with Gasteiger partial charge < -0.3 is 19.7 Å². The lowest BCUT2D eigenvalue weighted by Gasteiger charge is -2.37. The summed E-state index contributed by atoms with van der Waals surface area (Å²) in [6.07, 6.45) is 0.584. The highest BCUT2D eigenvalue weighted by atomic mass is 32.2. The zero-order valence-electron chi connectivity index (χ0n) is 18.5. The lowest BCUT2D eigenvalue weighted by molar-refractivity contribution is -0.146. The van der Waals surface area contributed by atoms with Crippen LogP contribution in [0.2, 0.25) is 0 Å². The summed E-state index contributed by atoms with van der Waals surface area (Å²) < 4.78 is 9.81. The van der Waals surface area contributed by atoms with E-state index < -0.39 is 18.1 Å². The smallest absolute Gasteiger partial charge is 0.410 e. The topological polar surface area (TPSA) is 105 Å². The molecule has 0 bridgehead atoms. The molecular weight excluding hydrogens is 434 g/mol. The maximum atomic E-state index is 12.9. The molecule has 0 spiro atoms. The largest absolute Gasteiger partial charge is 0.467 e. The second-order valence-electron chi connectivity index (χ2n) is 8.03. The Labute approximate surface area is 191 Å². The van der Waals surface area contributed by atoms with Crippen LogP contribution in [0, 0.1) is 0 Å². The number of benzene rings is 1. The summed E-state index contributed by atoms with van der Waals surface area (Å²) in [7, 11) is 1.28. The molecular formula is C22H29N3O6S. The van der Waals surface area contributed by atoms with Crippen molar-refractivity contribution >= 4 is 41.3 Å². The zero-order chi connectivity index (χ0) is 23.3. The minimum Gasteiger partial charge on any atom is -0.467 e. The number of methoxy groups -OCH3 is 1. The molecule has 3 rings (SSSR count). The van der Waals surface area contributed by atoms with Crippen molar-refractivity contribution < 1.29 is 28.7 Å². The fraction of sp³-hybridized carbons (Fsp3) is 0.545. The number of anilines is 1. The number of amides is 3. The number of piperidine rings is 1. The van der Waals surface area contributed by atoms with Crippen molar-refractivity contribution in [2.24, 2.45) is 0 Å². The van der Waals surface area contributed by atoms with Crippen LogP contribution in [0.15, 0.2) is 24.3 Å². The predicted octanol–water partition coefficient (Wildman–Crippen LogP) is 2.37. The van der Waals surface area contributed by atoms with E-state index >= 15 is 0 Å². The lowest BCUT2D eigenvalue weighted by atomic mass is 10.0. The van der Waals surface area contributed by atoms with Crippen LogP contribution in [0.3, 0.4) is 0 Å². The molecule has 0 aliphatic carbocycles. The van der Waals surface area contributed by atoms with Crippen molar-refractivity contribution in [3.05, 3.63) is 29.8 Å². The van der Waals surface area contributed by atoms with E-state index in [1.54, 1.807) is 40.9 Å². The van der Waals surface area contributed by atoms with Crippen LogP contribution in [0.4, 0.5) is 10.5 Å². The summed E-state index contributed by atoms with van der Waals surface area (Å²) in [5.74, 6) is -0.292. The van der Waals surface area contributed by atoms with E-state index in [-0.39, 0.29) is 24.5 Å². The van der Waals surface area contributed by atoms with Crippen molar-refractivity contribution in [3.8, 4) is 0 Å². The van der Waals surface area contributed by atoms with Crippen LogP contribution in [0.25, 0.3) is 0 Å². The van der Waals surface area contributed by atoms with Gasteiger partial charge in [-0.3, -0.25) is 14.5 Å². The van der Waals surface area contributed by atoms with Crippen LogP contribution in [0.5, 0.6) is 0 Å². The number of ether oxygens (including phenoxy) is 2. The SMILES string of the molecule is COC(=O)C1COC(=O)N1C1CCN(C(=O)c2ccc(NC(=O)CSC(C)C)cc2)CC1. The molecule has 9 nitrogen and oxygen atoms in total. The van der Waals surface area contributed by atoms with Gasteiger partial charge in [0.05, 0.1) is 12.9 Å². The molecule has 1 unspecified atom stereocenters. The molecule has 32 heavy (non-hydrogen) atoms. The third-order valence-corrected chi connectivity index (χ3v) is 6.59. The van der Waals surface area contributed by atoms with Gasteiger partial charge in [0.1, 0.15) is 6.61 Å². The zero-order valence-corrected chi connectivity index (χ0v) is 19.4. The number of cyclic esters (lactones) is 1. The van der Waals surface area contributed by atoms with Gasteiger partial charge in [-0.15, -0.1) is 11.8 Å². The average Bonchev–Trinajstić information content (AvgIpc) is 3.18. The van der Waals surface area contributed by atoms with Crippen LogP contribution in [0.1, 0.15) is 37.0 Å². The van der Waals surface area contributed by atoms with Crippen molar-refractivity contribution in [3.63, 3.8) is 0 Å². The van der Waals surface area contributed by atoms with E-state index in [2.05, 4.69) is 5.32 Å². The molecule has 1 aromatic carbocycles. The molecule has 2 heterocycles. The number of hydrogen-bond acceptors (Lipinski definition) is 7. The van der Waals surface area contributed by atoms with Gasteiger partial charge in [-0.2, -0.15) is 0 Å². The van der Waals surface area contributed by atoms with Crippen molar-refractivity contribution in [2.45, 2.75) is 44.0 Å². The van der Waals surface area contributed by atoms with Crippen molar-refractivity contribution in [1.29, 1.82) is 0 Å². The molecule has 1 aromatic rings. The van der Waals surface area contributed by atoms with Gasteiger partial charge in [-0.05, 0) is 42.4 Å². The molecule has 2 saturated heterocycles. The highest BCUT2D eigenvalue weighted by Gasteiger charge is 2.44. The Bertz CT molecular complexity index is 852. The van der Waals surface area contributed by atoms with E-state index in [0.717, 1.165) is 0 Å². The summed E-state index contributed by atoms with van der Waals surface area (Å²) >= 11 is 1.57. The monoisotopic (exact) mass is 463 g/mol. The van der Waals surface area contributed by atoms with E-state index in [1.807, 2.05) is 13.8 Å². The van der Waals surface area contributed by atoms with Crippen LogP contribution >= 0.6 is 11.8 Å². The number of nitrogens with zero attached hydrogens (tertiary/aromatic N) is 2.